The van der Waals surface area contributed by atoms with E-state index in [1.165, 1.54) is 0 Å². The van der Waals surface area contributed by atoms with Crippen LogP contribution >= 0.6 is 0 Å². The lowest BCUT2D eigenvalue weighted by Crippen LogP contribution is -2.12. The van der Waals surface area contributed by atoms with E-state index in [9.17, 15) is 9.90 Å². The monoisotopic (exact) mass is 286 g/mol. The van der Waals surface area contributed by atoms with Gasteiger partial charge in [0.25, 0.3) is 0 Å². The zero-order valence-electron chi connectivity index (χ0n) is 12.9. The maximum absolute atomic E-state index is 11.4. The first-order valence-corrected chi connectivity index (χ1v) is 7.73. The first-order chi connectivity index (χ1) is 9.56. The number of carbonyl (C=O) groups excluding carboxylic acids is 1. The predicted molar refractivity (Wildman–Crippen MR) is 80.4 cm³/mol. The number of esters is 1. The molecule has 0 bridgehead atoms. The smallest absolute Gasteiger partial charge is 0.305 e. The zero-order chi connectivity index (χ0) is 15.2. The van der Waals surface area contributed by atoms with E-state index in [0.29, 0.717) is 19.4 Å². The quantitative estimate of drug-likeness (QED) is 0.329. The zero-order valence-corrected chi connectivity index (χ0v) is 12.9. The Hall–Kier alpha value is -0.870. The Kier molecular flexibility index (Phi) is 12.6. The second kappa shape index (κ2) is 13.1. The van der Waals surface area contributed by atoms with Gasteiger partial charge in [-0.2, -0.15) is 0 Å². The van der Waals surface area contributed by atoms with Crippen molar-refractivity contribution in [3.8, 4) is 0 Å². The molecule has 2 N–H and O–H groups in total. The molecule has 0 aromatic carbocycles. The van der Waals surface area contributed by atoms with Crippen LogP contribution in [0.5, 0.6) is 0 Å². The minimum absolute atomic E-state index is 0.238. The Bertz CT molecular complexity index is 261. The standard InChI is InChI=1S/C16H30O4/c1-3-4-5-8-13-20-16(19)12-11-15(18)10-7-6-9-14(2)17/h4-5,14-15,17-18H,3,6-13H2,1-2H3. The summed E-state index contributed by atoms with van der Waals surface area (Å²) < 4.78 is 5.06. The predicted octanol–water partition coefficient (Wildman–Crippen LogP) is 2.97. The molecule has 4 nitrogen and oxygen atoms in total. The summed E-state index contributed by atoms with van der Waals surface area (Å²) in [5.41, 5.74) is 0. The van der Waals surface area contributed by atoms with E-state index in [1.54, 1.807) is 6.92 Å². The first kappa shape index (κ1) is 19.1. The highest BCUT2D eigenvalue weighted by Gasteiger charge is 2.09. The number of rotatable bonds is 12. The Morgan fingerprint density at radius 1 is 1.15 bits per heavy atom. The van der Waals surface area contributed by atoms with Crippen molar-refractivity contribution in [3.05, 3.63) is 12.2 Å². The van der Waals surface area contributed by atoms with Gasteiger partial charge in [-0.1, -0.05) is 31.9 Å². The van der Waals surface area contributed by atoms with Crippen molar-refractivity contribution in [3.63, 3.8) is 0 Å². The summed E-state index contributed by atoms with van der Waals surface area (Å²) in [6.45, 7) is 4.24. The van der Waals surface area contributed by atoms with Gasteiger partial charge in [-0.15, -0.1) is 0 Å². The molecular weight excluding hydrogens is 256 g/mol. The van der Waals surface area contributed by atoms with E-state index in [4.69, 9.17) is 9.84 Å². The fourth-order valence-corrected chi connectivity index (χ4v) is 1.85. The van der Waals surface area contributed by atoms with Gasteiger partial charge in [0, 0.05) is 6.42 Å². The number of aliphatic hydroxyl groups excluding tert-OH is 2. The van der Waals surface area contributed by atoms with Crippen molar-refractivity contribution in [2.75, 3.05) is 6.61 Å². The van der Waals surface area contributed by atoms with Crippen LogP contribution in [-0.4, -0.2) is 35.0 Å². The summed E-state index contributed by atoms with van der Waals surface area (Å²) in [5, 5.41) is 18.8. The normalized spacial score (nSPS) is 14.4. The number of carbonyl (C=O) groups is 1. The van der Waals surface area contributed by atoms with Crippen LogP contribution in [-0.2, 0) is 9.53 Å². The maximum atomic E-state index is 11.4. The third-order valence-electron chi connectivity index (χ3n) is 3.04. The minimum Gasteiger partial charge on any atom is -0.465 e. The van der Waals surface area contributed by atoms with Crippen LogP contribution in [0.2, 0.25) is 0 Å². The van der Waals surface area contributed by atoms with Gasteiger partial charge in [0.1, 0.15) is 0 Å². The Labute approximate surface area is 122 Å². The summed E-state index contributed by atoms with van der Waals surface area (Å²) >= 11 is 0. The summed E-state index contributed by atoms with van der Waals surface area (Å²) in [4.78, 5) is 11.4. The van der Waals surface area contributed by atoms with Crippen LogP contribution in [0.25, 0.3) is 0 Å². The van der Waals surface area contributed by atoms with Crippen molar-refractivity contribution in [2.45, 2.75) is 77.4 Å². The number of unbranched alkanes of at least 4 members (excludes halogenated alkanes) is 1. The van der Waals surface area contributed by atoms with Crippen molar-refractivity contribution >= 4 is 5.97 Å². The van der Waals surface area contributed by atoms with E-state index >= 15 is 0 Å². The number of hydrogen-bond donors (Lipinski definition) is 2. The summed E-state index contributed by atoms with van der Waals surface area (Å²) in [6, 6.07) is 0. The third kappa shape index (κ3) is 13.6. The molecule has 0 aromatic heterocycles. The lowest BCUT2D eigenvalue weighted by atomic mass is 10.1. The highest BCUT2D eigenvalue weighted by molar-refractivity contribution is 5.69. The summed E-state index contributed by atoms with van der Waals surface area (Å²) in [5.74, 6) is -0.238. The van der Waals surface area contributed by atoms with Crippen LogP contribution in [0.1, 0.15) is 65.2 Å². The Morgan fingerprint density at radius 3 is 2.50 bits per heavy atom. The third-order valence-corrected chi connectivity index (χ3v) is 3.04. The average molecular weight is 286 g/mol. The molecular formula is C16H30O4. The van der Waals surface area contributed by atoms with Crippen LogP contribution in [0, 0.1) is 0 Å². The molecule has 4 heteroatoms. The second-order valence-electron chi connectivity index (χ2n) is 5.21. The minimum atomic E-state index is -0.448. The van der Waals surface area contributed by atoms with Gasteiger partial charge in [-0.25, -0.2) is 0 Å². The Morgan fingerprint density at radius 2 is 1.85 bits per heavy atom. The average Bonchev–Trinajstić information content (AvgIpc) is 2.41. The molecule has 0 heterocycles. The van der Waals surface area contributed by atoms with Crippen molar-refractivity contribution in [2.24, 2.45) is 0 Å². The van der Waals surface area contributed by atoms with Gasteiger partial charge in [-0.05, 0) is 39.0 Å². The summed E-state index contributed by atoms with van der Waals surface area (Å²) in [6.07, 6.45) is 9.03. The van der Waals surface area contributed by atoms with E-state index in [0.717, 1.165) is 32.1 Å². The van der Waals surface area contributed by atoms with Gasteiger partial charge in [-0.3, -0.25) is 4.79 Å². The van der Waals surface area contributed by atoms with Gasteiger partial charge in [0.05, 0.1) is 18.8 Å². The van der Waals surface area contributed by atoms with Crippen molar-refractivity contribution in [1.29, 1.82) is 0 Å². The number of allylic oxidation sites excluding steroid dienone is 1. The molecule has 0 spiro atoms. The Balaban J connectivity index is 3.46. The molecule has 0 aliphatic carbocycles. The fraction of sp³-hybridized carbons (Fsp3) is 0.812. The number of hydrogen-bond acceptors (Lipinski definition) is 4. The van der Waals surface area contributed by atoms with Crippen LogP contribution < -0.4 is 0 Å². The second-order valence-corrected chi connectivity index (χ2v) is 5.21. The molecule has 0 saturated carbocycles. The first-order valence-electron chi connectivity index (χ1n) is 7.73. The van der Waals surface area contributed by atoms with E-state index in [-0.39, 0.29) is 18.5 Å². The maximum Gasteiger partial charge on any atom is 0.305 e. The lowest BCUT2D eigenvalue weighted by molar-refractivity contribution is -0.144. The van der Waals surface area contributed by atoms with E-state index in [1.807, 2.05) is 12.2 Å². The molecule has 20 heavy (non-hydrogen) atoms. The van der Waals surface area contributed by atoms with Crippen LogP contribution in [0.3, 0.4) is 0 Å². The van der Waals surface area contributed by atoms with Crippen LogP contribution in [0.4, 0.5) is 0 Å². The largest absolute Gasteiger partial charge is 0.465 e. The SMILES string of the molecule is CCC=CCCOC(=O)CCC(O)CCCCC(C)O. The molecule has 2 unspecified atom stereocenters. The molecule has 0 aromatic rings. The molecule has 0 aliphatic heterocycles. The molecule has 0 amide bonds. The van der Waals surface area contributed by atoms with Gasteiger partial charge in [0.2, 0.25) is 0 Å². The van der Waals surface area contributed by atoms with E-state index in [2.05, 4.69) is 6.92 Å². The van der Waals surface area contributed by atoms with Gasteiger partial charge in [0.15, 0.2) is 0 Å². The van der Waals surface area contributed by atoms with Crippen LogP contribution in [0.15, 0.2) is 12.2 Å². The molecule has 0 radical (unpaired) electrons. The highest BCUT2D eigenvalue weighted by atomic mass is 16.5. The fourth-order valence-electron chi connectivity index (χ4n) is 1.85. The van der Waals surface area contributed by atoms with Gasteiger partial charge >= 0.3 is 5.97 Å². The topological polar surface area (TPSA) is 66.8 Å². The summed E-state index contributed by atoms with van der Waals surface area (Å²) in [7, 11) is 0. The molecule has 0 aliphatic rings. The molecule has 2 atom stereocenters. The van der Waals surface area contributed by atoms with Crippen molar-refractivity contribution < 1.29 is 19.7 Å². The lowest BCUT2D eigenvalue weighted by Gasteiger charge is -2.10. The number of ether oxygens (including phenoxy) is 1. The molecule has 0 fully saturated rings. The number of aliphatic hydroxyl groups is 2. The van der Waals surface area contributed by atoms with E-state index < -0.39 is 6.10 Å². The molecule has 0 saturated heterocycles. The molecule has 118 valence electrons. The highest BCUT2D eigenvalue weighted by Crippen LogP contribution is 2.10. The van der Waals surface area contributed by atoms with Gasteiger partial charge < -0.3 is 14.9 Å². The van der Waals surface area contributed by atoms with Crippen molar-refractivity contribution in [1.82, 2.24) is 0 Å². The molecule has 0 rings (SSSR count).